The zero-order valence-electron chi connectivity index (χ0n) is 11.1. The van der Waals surface area contributed by atoms with Crippen LogP contribution in [-0.4, -0.2) is 5.75 Å². The number of benzene rings is 2. The molecule has 0 N–H and O–H groups in total. The summed E-state index contributed by atoms with van der Waals surface area (Å²) in [5, 5.41) is 0. The van der Waals surface area contributed by atoms with E-state index in [0.29, 0.717) is 0 Å². The van der Waals surface area contributed by atoms with Gasteiger partial charge in [-0.2, -0.15) is 11.8 Å². The molecule has 94 valence electrons. The summed E-state index contributed by atoms with van der Waals surface area (Å²) in [6.07, 6.45) is 0. The lowest BCUT2D eigenvalue weighted by Gasteiger charge is -2.24. The summed E-state index contributed by atoms with van der Waals surface area (Å²) in [6, 6.07) is 21.5. The lowest BCUT2D eigenvalue weighted by molar-refractivity contribution is 0.602. The third-order valence-electron chi connectivity index (χ3n) is 3.13. The van der Waals surface area contributed by atoms with Crippen LogP contribution in [0.4, 0.5) is 0 Å². The summed E-state index contributed by atoms with van der Waals surface area (Å²) < 4.78 is 0. The van der Waals surface area contributed by atoms with E-state index in [1.807, 2.05) is 11.8 Å². The molecule has 0 radical (unpaired) electrons. The zero-order valence-corrected chi connectivity index (χ0v) is 11.9. The van der Waals surface area contributed by atoms with E-state index in [-0.39, 0.29) is 5.41 Å². The van der Waals surface area contributed by atoms with Crippen LogP contribution in [0.2, 0.25) is 0 Å². The number of thioether (sulfide) groups is 1. The molecule has 1 heteroatoms. The molecule has 0 unspecified atom stereocenters. The van der Waals surface area contributed by atoms with E-state index in [2.05, 4.69) is 74.5 Å². The molecule has 0 amide bonds. The lowest BCUT2D eigenvalue weighted by Crippen LogP contribution is -2.20. The van der Waals surface area contributed by atoms with E-state index in [0.717, 1.165) is 11.5 Å². The van der Waals surface area contributed by atoms with Crippen molar-refractivity contribution in [3.63, 3.8) is 0 Å². The summed E-state index contributed by atoms with van der Waals surface area (Å²) in [7, 11) is 0. The van der Waals surface area contributed by atoms with Crippen LogP contribution in [0.1, 0.15) is 25.0 Å². The predicted octanol–water partition coefficient (Wildman–Crippen LogP) is 4.90. The van der Waals surface area contributed by atoms with Crippen LogP contribution in [0.3, 0.4) is 0 Å². The maximum Gasteiger partial charge on any atom is 0.0184 e. The summed E-state index contributed by atoms with van der Waals surface area (Å²) in [5.74, 6) is 2.24. The molecule has 0 spiro atoms. The Labute approximate surface area is 114 Å². The molecule has 0 aliphatic carbocycles. The fraction of sp³-hybridized carbons (Fsp3) is 0.294. The summed E-state index contributed by atoms with van der Waals surface area (Å²) in [4.78, 5) is 0. The van der Waals surface area contributed by atoms with E-state index in [1.165, 1.54) is 11.1 Å². The van der Waals surface area contributed by atoms with Gasteiger partial charge in [0, 0.05) is 11.5 Å². The first-order valence-corrected chi connectivity index (χ1v) is 7.51. The van der Waals surface area contributed by atoms with Crippen LogP contribution in [0.25, 0.3) is 0 Å². The predicted molar refractivity (Wildman–Crippen MR) is 82.1 cm³/mol. The maximum atomic E-state index is 2.32. The van der Waals surface area contributed by atoms with Gasteiger partial charge in [0.25, 0.3) is 0 Å². The normalized spacial score (nSPS) is 11.4. The second kappa shape index (κ2) is 6.10. The summed E-state index contributed by atoms with van der Waals surface area (Å²) in [5.41, 5.74) is 3.07. The van der Waals surface area contributed by atoms with Crippen molar-refractivity contribution in [1.29, 1.82) is 0 Å². The molecule has 0 saturated heterocycles. The second-order valence-electron chi connectivity index (χ2n) is 5.23. The Kier molecular flexibility index (Phi) is 4.48. The molecule has 18 heavy (non-hydrogen) atoms. The van der Waals surface area contributed by atoms with Crippen molar-refractivity contribution in [1.82, 2.24) is 0 Å². The Balaban J connectivity index is 1.90. The first-order chi connectivity index (χ1) is 8.68. The van der Waals surface area contributed by atoms with Crippen molar-refractivity contribution in [2.24, 2.45) is 0 Å². The van der Waals surface area contributed by atoms with Crippen molar-refractivity contribution >= 4 is 11.8 Å². The van der Waals surface area contributed by atoms with Crippen molar-refractivity contribution in [2.75, 3.05) is 5.75 Å². The largest absolute Gasteiger partial charge is 0.156 e. The highest BCUT2D eigenvalue weighted by Crippen LogP contribution is 2.28. The van der Waals surface area contributed by atoms with Gasteiger partial charge >= 0.3 is 0 Å². The van der Waals surface area contributed by atoms with Gasteiger partial charge in [0.2, 0.25) is 0 Å². The molecule has 0 saturated carbocycles. The molecule has 0 atom stereocenters. The Morgan fingerprint density at radius 2 is 1.39 bits per heavy atom. The smallest absolute Gasteiger partial charge is 0.0184 e. The highest BCUT2D eigenvalue weighted by Gasteiger charge is 2.19. The molecule has 0 nitrogen and oxygen atoms in total. The Morgan fingerprint density at radius 1 is 0.833 bits per heavy atom. The molecule has 0 aliphatic heterocycles. The summed E-state index contributed by atoms with van der Waals surface area (Å²) in [6.45, 7) is 4.64. The van der Waals surface area contributed by atoms with Gasteiger partial charge in [0.05, 0.1) is 0 Å². The minimum atomic E-state index is 0.237. The fourth-order valence-electron chi connectivity index (χ4n) is 1.97. The SMILES string of the molecule is CC(C)(CSCc1ccccc1)c1ccccc1. The number of hydrogen-bond acceptors (Lipinski definition) is 1. The average molecular weight is 256 g/mol. The minimum absolute atomic E-state index is 0.237. The third kappa shape index (κ3) is 3.64. The zero-order chi connectivity index (χ0) is 12.8. The van der Waals surface area contributed by atoms with Crippen molar-refractivity contribution in [3.05, 3.63) is 71.8 Å². The summed E-state index contributed by atoms with van der Waals surface area (Å²) >= 11 is 2.01. The first-order valence-electron chi connectivity index (χ1n) is 6.36. The Hall–Kier alpha value is -1.21. The van der Waals surface area contributed by atoms with E-state index in [1.54, 1.807) is 0 Å². The maximum absolute atomic E-state index is 2.32. The van der Waals surface area contributed by atoms with E-state index >= 15 is 0 Å². The molecule has 2 aromatic rings. The third-order valence-corrected chi connectivity index (χ3v) is 4.59. The van der Waals surface area contributed by atoms with E-state index in [9.17, 15) is 0 Å². The molecular weight excluding hydrogens is 236 g/mol. The van der Waals surface area contributed by atoms with Crippen molar-refractivity contribution in [2.45, 2.75) is 25.0 Å². The van der Waals surface area contributed by atoms with Crippen LogP contribution < -0.4 is 0 Å². The topological polar surface area (TPSA) is 0 Å². The van der Waals surface area contributed by atoms with Gasteiger partial charge in [0.1, 0.15) is 0 Å². The average Bonchev–Trinajstić information content (AvgIpc) is 2.41. The molecule has 0 aliphatic rings. The highest BCUT2D eigenvalue weighted by molar-refractivity contribution is 7.98. The number of hydrogen-bond donors (Lipinski definition) is 0. The monoisotopic (exact) mass is 256 g/mol. The molecule has 0 aromatic heterocycles. The molecule has 2 aromatic carbocycles. The van der Waals surface area contributed by atoms with Gasteiger partial charge in [-0.3, -0.25) is 0 Å². The molecular formula is C17H20S. The van der Waals surface area contributed by atoms with Crippen LogP contribution in [0, 0.1) is 0 Å². The Bertz CT molecular complexity index is 459. The molecule has 0 bridgehead atoms. The highest BCUT2D eigenvalue weighted by atomic mass is 32.2. The first kappa shape index (κ1) is 13.2. The van der Waals surface area contributed by atoms with Gasteiger partial charge in [-0.1, -0.05) is 74.5 Å². The number of rotatable bonds is 5. The molecule has 0 heterocycles. The Morgan fingerprint density at radius 3 is 2.00 bits per heavy atom. The van der Waals surface area contributed by atoms with Gasteiger partial charge in [-0.05, 0) is 16.5 Å². The van der Waals surface area contributed by atoms with Crippen LogP contribution in [-0.2, 0) is 11.2 Å². The standard InChI is InChI=1S/C17H20S/c1-17(2,16-11-7-4-8-12-16)14-18-13-15-9-5-3-6-10-15/h3-12H,13-14H2,1-2H3. The van der Waals surface area contributed by atoms with Crippen LogP contribution in [0.15, 0.2) is 60.7 Å². The van der Waals surface area contributed by atoms with Gasteiger partial charge in [-0.15, -0.1) is 0 Å². The minimum Gasteiger partial charge on any atom is -0.156 e. The fourth-order valence-corrected chi connectivity index (χ4v) is 3.18. The molecule has 2 rings (SSSR count). The lowest BCUT2D eigenvalue weighted by atomic mass is 9.87. The second-order valence-corrected chi connectivity index (χ2v) is 6.21. The van der Waals surface area contributed by atoms with E-state index in [4.69, 9.17) is 0 Å². The quantitative estimate of drug-likeness (QED) is 0.733. The van der Waals surface area contributed by atoms with Gasteiger partial charge in [-0.25, -0.2) is 0 Å². The van der Waals surface area contributed by atoms with Gasteiger partial charge < -0.3 is 0 Å². The van der Waals surface area contributed by atoms with Gasteiger partial charge in [0.15, 0.2) is 0 Å². The van der Waals surface area contributed by atoms with Crippen molar-refractivity contribution in [3.8, 4) is 0 Å². The van der Waals surface area contributed by atoms with Crippen molar-refractivity contribution < 1.29 is 0 Å². The van der Waals surface area contributed by atoms with E-state index < -0.39 is 0 Å². The molecule has 0 fully saturated rings. The van der Waals surface area contributed by atoms with Crippen LogP contribution >= 0.6 is 11.8 Å². The van der Waals surface area contributed by atoms with Crippen LogP contribution in [0.5, 0.6) is 0 Å².